The number of aryl methyl sites for hydroxylation is 1. The van der Waals surface area contributed by atoms with Crippen LogP contribution >= 0.6 is 0 Å². The molecule has 0 unspecified atom stereocenters. The zero-order chi connectivity index (χ0) is 21.5. The van der Waals surface area contributed by atoms with Gasteiger partial charge in [-0.25, -0.2) is 9.58 Å². The van der Waals surface area contributed by atoms with Crippen LogP contribution in [0.5, 0.6) is 5.75 Å². The number of nitrogens with zero attached hydrogens (tertiary/aromatic N) is 3. The van der Waals surface area contributed by atoms with Crippen LogP contribution in [0.2, 0.25) is 0 Å². The lowest BCUT2D eigenvalue weighted by Gasteiger charge is -2.16. The largest absolute Gasteiger partial charge is 0.497 e. The van der Waals surface area contributed by atoms with E-state index in [2.05, 4.69) is 5.10 Å². The van der Waals surface area contributed by atoms with E-state index >= 15 is 0 Å². The fraction of sp³-hybridized carbons (Fsp3) is 0.0800. The molecule has 0 aliphatic carbocycles. The summed E-state index contributed by atoms with van der Waals surface area (Å²) in [4.78, 5) is 27.2. The predicted molar refractivity (Wildman–Crippen MR) is 119 cm³/mol. The van der Waals surface area contributed by atoms with E-state index in [1.807, 2.05) is 55.6 Å². The van der Waals surface area contributed by atoms with Crippen LogP contribution in [0.15, 0.2) is 79.0 Å². The molecule has 4 aromatic rings. The van der Waals surface area contributed by atoms with E-state index in [-0.39, 0.29) is 11.8 Å². The van der Waals surface area contributed by atoms with Crippen LogP contribution in [0.3, 0.4) is 0 Å². The number of ether oxygens (including phenoxy) is 1. The quantitative estimate of drug-likeness (QED) is 0.472. The number of imide groups is 1. The summed E-state index contributed by atoms with van der Waals surface area (Å²) in [5.41, 5.74) is 4.08. The summed E-state index contributed by atoms with van der Waals surface area (Å²) < 4.78 is 7.04. The van der Waals surface area contributed by atoms with Gasteiger partial charge in [-0.2, -0.15) is 5.10 Å². The first-order valence-electron chi connectivity index (χ1n) is 9.85. The molecule has 31 heavy (non-hydrogen) atoms. The minimum Gasteiger partial charge on any atom is -0.497 e. The van der Waals surface area contributed by atoms with E-state index in [9.17, 15) is 9.59 Å². The first-order chi connectivity index (χ1) is 15.0. The van der Waals surface area contributed by atoms with Gasteiger partial charge in [-0.1, -0.05) is 29.8 Å². The molecule has 2 heterocycles. The Kier molecular flexibility index (Phi) is 4.40. The number of fused-ring (bicyclic) bond motifs is 1. The molecule has 1 aliphatic heterocycles. The number of carbonyl (C=O) groups is 2. The van der Waals surface area contributed by atoms with Crippen molar-refractivity contribution >= 4 is 34.0 Å². The van der Waals surface area contributed by atoms with Crippen molar-refractivity contribution in [1.82, 2.24) is 9.78 Å². The van der Waals surface area contributed by atoms with E-state index in [0.717, 1.165) is 27.9 Å². The highest BCUT2D eigenvalue weighted by atomic mass is 16.5. The van der Waals surface area contributed by atoms with Crippen molar-refractivity contribution in [3.63, 3.8) is 0 Å². The fourth-order valence-electron chi connectivity index (χ4n) is 3.80. The van der Waals surface area contributed by atoms with E-state index < -0.39 is 0 Å². The molecule has 0 atom stereocenters. The molecule has 0 spiro atoms. The Morgan fingerprint density at radius 2 is 1.74 bits per heavy atom. The molecule has 6 heteroatoms. The van der Waals surface area contributed by atoms with Crippen LogP contribution in [0, 0.1) is 6.92 Å². The van der Waals surface area contributed by atoms with Crippen LogP contribution in [-0.2, 0) is 9.59 Å². The molecule has 3 aromatic carbocycles. The molecule has 0 bridgehead atoms. The third-order valence-corrected chi connectivity index (χ3v) is 5.34. The number of benzene rings is 3. The Bertz CT molecular complexity index is 1370. The molecule has 1 aromatic heterocycles. The zero-order valence-corrected chi connectivity index (χ0v) is 17.1. The Labute approximate surface area is 179 Å². The second kappa shape index (κ2) is 7.25. The number of amides is 2. The summed E-state index contributed by atoms with van der Waals surface area (Å²) in [5.74, 6) is 0.0457. The normalized spacial score (nSPS) is 13.7. The summed E-state index contributed by atoms with van der Waals surface area (Å²) >= 11 is 0. The summed E-state index contributed by atoms with van der Waals surface area (Å²) in [6, 6.07) is 20.4. The number of carbonyl (C=O) groups excluding carboxylic acids is 2. The number of methoxy groups -OCH3 is 1. The lowest BCUT2D eigenvalue weighted by Crippen LogP contribution is -2.30. The SMILES string of the molecule is COc1ccc2nn(-c3ccc(C)cc3C3=CC(=O)N(c4ccccc4)C3=O)cc2c1. The van der Waals surface area contributed by atoms with Crippen molar-refractivity contribution in [3.8, 4) is 11.4 Å². The maximum atomic E-state index is 13.3. The van der Waals surface area contributed by atoms with E-state index in [4.69, 9.17) is 4.74 Å². The Morgan fingerprint density at radius 1 is 0.935 bits per heavy atom. The van der Waals surface area contributed by atoms with Gasteiger partial charge in [0.25, 0.3) is 11.8 Å². The predicted octanol–water partition coefficient (Wildman–Crippen LogP) is 4.30. The van der Waals surface area contributed by atoms with Crippen LogP contribution in [0.4, 0.5) is 5.69 Å². The van der Waals surface area contributed by atoms with Gasteiger partial charge < -0.3 is 4.74 Å². The van der Waals surface area contributed by atoms with E-state index in [1.54, 1.807) is 36.1 Å². The van der Waals surface area contributed by atoms with Gasteiger partial charge in [0.1, 0.15) is 5.75 Å². The molecular weight excluding hydrogens is 390 g/mol. The van der Waals surface area contributed by atoms with Crippen LogP contribution in [-0.4, -0.2) is 28.7 Å². The molecule has 6 nitrogen and oxygen atoms in total. The molecule has 0 fully saturated rings. The van der Waals surface area contributed by atoms with Gasteiger partial charge in [0.2, 0.25) is 0 Å². The van der Waals surface area contributed by atoms with Crippen LogP contribution in [0.1, 0.15) is 11.1 Å². The van der Waals surface area contributed by atoms with Crippen LogP contribution in [0.25, 0.3) is 22.2 Å². The maximum absolute atomic E-state index is 13.3. The lowest BCUT2D eigenvalue weighted by molar-refractivity contribution is -0.119. The van der Waals surface area contributed by atoms with Gasteiger partial charge in [0, 0.05) is 23.2 Å². The van der Waals surface area contributed by atoms with E-state index in [0.29, 0.717) is 16.8 Å². The number of para-hydroxylation sites is 1. The van der Waals surface area contributed by atoms with Gasteiger partial charge in [0.15, 0.2) is 0 Å². The summed E-state index contributed by atoms with van der Waals surface area (Å²) in [7, 11) is 1.62. The Morgan fingerprint density at radius 3 is 2.52 bits per heavy atom. The van der Waals surface area contributed by atoms with Crippen molar-refractivity contribution in [2.45, 2.75) is 6.92 Å². The smallest absolute Gasteiger partial charge is 0.266 e. The van der Waals surface area contributed by atoms with Gasteiger partial charge >= 0.3 is 0 Å². The zero-order valence-electron chi connectivity index (χ0n) is 17.1. The minimum absolute atomic E-state index is 0.346. The highest BCUT2D eigenvalue weighted by Crippen LogP contribution is 2.32. The lowest BCUT2D eigenvalue weighted by atomic mass is 10.0. The molecule has 152 valence electrons. The third kappa shape index (κ3) is 3.18. The minimum atomic E-state index is -0.353. The fourth-order valence-corrected chi connectivity index (χ4v) is 3.80. The third-order valence-electron chi connectivity index (χ3n) is 5.34. The summed E-state index contributed by atoms with van der Waals surface area (Å²) in [5, 5.41) is 5.58. The first-order valence-corrected chi connectivity index (χ1v) is 9.85. The average molecular weight is 409 g/mol. The van der Waals surface area contributed by atoms with Crippen molar-refractivity contribution in [2.24, 2.45) is 0 Å². The second-order valence-electron chi connectivity index (χ2n) is 7.39. The molecule has 0 saturated carbocycles. The molecule has 0 saturated heterocycles. The number of anilines is 1. The number of hydrogen-bond donors (Lipinski definition) is 0. The topological polar surface area (TPSA) is 64.4 Å². The van der Waals surface area contributed by atoms with Gasteiger partial charge in [-0.15, -0.1) is 0 Å². The Hall–Kier alpha value is -4.19. The maximum Gasteiger partial charge on any atom is 0.266 e. The molecule has 2 amide bonds. The second-order valence-corrected chi connectivity index (χ2v) is 7.39. The van der Waals surface area contributed by atoms with Crippen molar-refractivity contribution in [1.29, 1.82) is 0 Å². The van der Waals surface area contributed by atoms with Crippen molar-refractivity contribution in [3.05, 3.63) is 90.1 Å². The Balaban J connectivity index is 1.61. The van der Waals surface area contributed by atoms with Crippen molar-refractivity contribution < 1.29 is 14.3 Å². The first kappa shape index (κ1) is 18.8. The number of aromatic nitrogens is 2. The summed E-state index contributed by atoms with van der Waals surface area (Å²) in [6.07, 6.45) is 3.29. The number of hydrogen-bond acceptors (Lipinski definition) is 4. The van der Waals surface area contributed by atoms with Crippen LogP contribution < -0.4 is 9.64 Å². The molecular formula is C25H19N3O3. The van der Waals surface area contributed by atoms with E-state index in [1.165, 1.54) is 11.0 Å². The monoisotopic (exact) mass is 409 g/mol. The molecule has 0 radical (unpaired) electrons. The summed E-state index contributed by atoms with van der Waals surface area (Å²) in [6.45, 7) is 1.95. The molecule has 0 N–H and O–H groups in total. The standard InChI is InChI=1S/C25H19N3O3/c1-16-8-11-23(27-15-17-13-19(31-2)9-10-22(17)26-27)20(12-16)21-14-24(29)28(25(21)30)18-6-4-3-5-7-18/h3-15H,1-2H3. The van der Waals surface area contributed by atoms with Gasteiger partial charge in [0.05, 0.1) is 29.6 Å². The van der Waals surface area contributed by atoms with Gasteiger partial charge in [-0.3, -0.25) is 9.59 Å². The van der Waals surface area contributed by atoms with Gasteiger partial charge in [-0.05, 0) is 49.4 Å². The molecule has 1 aliphatic rings. The van der Waals surface area contributed by atoms with Crippen molar-refractivity contribution in [2.75, 3.05) is 12.0 Å². The molecule has 5 rings (SSSR count). The highest BCUT2D eigenvalue weighted by molar-refractivity contribution is 6.44. The number of rotatable bonds is 4. The average Bonchev–Trinajstić information content (AvgIpc) is 3.33. The highest BCUT2D eigenvalue weighted by Gasteiger charge is 2.34.